The van der Waals surface area contributed by atoms with E-state index in [4.69, 9.17) is 0 Å². The fourth-order valence-electron chi connectivity index (χ4n) is 2.83. The molecule has 3 aromatic rings. The highest BCUT2D eigenvalue weighted by Gasteiger charge is 2.27. The van der Waals surface area contributed by atoms with Crippen LogP contribution in [0.2, 0.25) is 0 Å². The van der Waals surface area contributed by atoms with Crippen LogP contribution in [0.5, 0.6) is 0 Å². The van der Waals surface area contributed by atoms with E-state index in [1.807, 2.05) is 50.4 Å². The van der Waals surface area contributed by atoms with Gasteiger partial charge < -0.3 is 9.88 Å². The van der Waals surface area contributed by atoms with Gasteiger partial charge >= 0.3 is 0 Å². The van der Waals surface area contributed by atoms with Gasteiger partial charge in [0.05, 0.1) is 6.54 Å². The van der Waals surface area contributed by atoms with Crippen LogP contribution in [0, 0.1) is 6.92 Å². The van der Waals surface area contributed by atoms with Gasteiger partial charge in [-0.05, 0) is 44.0 Å². The number of carbonyl (C=O) groups is 1. The maximum Gasteiger partial charge on any atom is 0.251 e. The first-order chi connectivity index (χ1) is 12.1. The van der Waals surface area contributed by atoms with Crippen molar-refractivity contribution in [3.63, 3.8) is 0 Å². The van der Waals surface area contributed by atoms with Gasteiger partial charge in [-0.3, -0.25) is 9.89 Å². The molecule has 1 fully saturated rings. The second-order valence-electron chi connectivity index (χ2n) is 6.60. The van der Waals surface area contributed by atoms with E-state index in [0.717, 1.165) is 17.1 Å². The van der Waals surface area contributed by atoms with E-state index in [1.165, 1.54) is 18.5 Å². The average Bonchev–Trinajstić information content (AvgIpc) is 3.28. The van der Waals surface area contributed by atoms with Crippen LogP contribution in [-0.4, -0.2) is 25.7 Å². The Hall–Kier alpha value is -2.89. The molecule has 128 valence electrons. The molecule has 0 bridgehead atoms. The number of nitrogens with zero attached hydrogens (tertiary/aromatic N) is 3. The molecule has 0 atom stereocenters. The number of aromatic nitrogens is 4. The predicted octanol–water partition coefficient (Wildman–Crippen LogP) is 2.93. The second-order valence-corrected chi connectivity index (χ2v) is 6.60. The maximum absolute atomic E-state index is 12.3. The third-order valence-electron chi connectivity index (χ3n) is 4.78. The third kappa shape index (κ3) is 3.20. The Morgan fingerprint density at radius 1 is 1.24 bits per heavy atom. The molecule has 0 aliphatic heterocycles. The Morgan fingerprint density at radius 2 is 2.00 bits per heavy atom. The van der Waals surface area contributed by atoms with Crippen LogP contribution in [0.1, 0.15) is 46.3 Å². The van der Waals surface area contributed by atoms with E-state index in [0.29, 0.717) is 23.9 Å². The van der Waals surface area contributed by atoms with Crippen molar-refractivity contribution in [3.05, 3.63) is 59.2 Å². The minimum Gasteiger partial charge on any atom is -0.350 e. The molecule has 2 N–H and O–H groups in total. The van der Waals surface area contributed by atoms with Crippen LogP contribution >= 0.6 is 0 Å². The zero-order valence-electron chi connectivity index (χ0n) is 14.4. The lowest BCUT2D eigenvalue weighted by Crippen LogP contribution is -2.23. The number of nitrogens with one attached hydrogen (secondary N) is 2. The Bertz CT molecular complexity index is 902. The van der Waals surface area contributed by atoms with Crippen LogP contribution < -0.4 is 5.32 Å². The maximum atomic E-state index is 12.3. The molecule has 0 saturated heterocycles. The van der Waals surface area contributed by atoms with E-state index in [1.54, 1.807) is 0 Å². The summed E-state index contributed by atoms with van der Waals surface area (Å²) < 4.78 is 2.07. The molecule has 1 saturated carbocycles. The van der Waals surface area contributed by atoms with Crippen LogP contribution in [-0.2, 0) is 13.6 Å². The third-order valence-corrected chi connectivity index (χ3v) is 4.78. The molecule has 25 heavy (non-hydrogen) atoms. The molecule has 1 aromatic carbocycles. The van der Waals surface area contributed by atoms with Gasteiger partial charge in [0, 0.05) is 35.5 Å². The number of hydrogen-bond acceptors (Lipinski definition) is 3. The summed E-state index contributed by atoms with van der Waals surface area (Å²) in [6.45, 7) is 2.55. The number of hydrogen-bond donors (Lipinski definition) is 2. The largest absolute Gasteiger partial charge is 0.350 e. The summed E-state index contributed by atoms with van der Waals surface area (Å²) in [4.78, 5) is 16.9. The van der Waals surface area contributed by atoms with Gasteiger partial charge in [0.25, 0.3) is 5.91 Å². The first kappa shape index (κ1) is 15.6. The zero-order valence-corrected chi connectivity index (χ0v) is 14.4. The van der Waals surface area contributed by atoms with Gasteiger partial charge in [0.1, 0.15) is 5.82 Å². The molecule has 1 amide bonds. The zero-order chi connectivity index (χ0) is 17.4. The molecule has 6 nitrogen and oxygen atoms in total. The number of rotatable bonds is 5. The summed E-state index contributed by atoms with van der Waals surface area (Å²) in [6, 6.07) is 11.5. The summed E-state index contributed by atoms with van der Waals surface area (Å²) in [7, 11) is 2.00. The van der Waals surface area contributed by atoms with Gasteiger partial charge in [-0.1, -0.05) is 12.1 Å². The minimum absolute atomic E-state index is 0.0842. The van der Waals surface area contributed by atoms with Crippen LogP contribution in [0.15, 0.2) is 36.4 Å². The molecule has 0 unspecified atom stereocenters. The standard InChI is InChI=1S/C19H21N5O/c1-12-3-10-16(24(12)2)11-20-19(25)15-8-6-14(7-9-15)18-21-17(22-23-18)13-4-5-13/h3,6-10,13H,4-5,11H2,1-2H3,(H,20,25)(H,21,22,23). The van der Waals surface area contributed by atoms with E-state index >= 15 is 0 Å². The Kier molecular flexibility index (Phi) is 3.87. The highest BCUT2D eigenvalue weighted by Crippen LogP contribution is 2.38. The first-order valence-corrected chi connectivity index (χ1v) is 8.54. The SMILES string of the molecule is Cc1ccc(CNC(=O)c2ccc(-c3n[nH]c(C4CC4)n3)cc2)n1C. The van der Waals surface area contributed by atoms with Crippen LogP contribution in [0.25, 0.3) is 11.4 Å². The highest BCUT2D eigenvalue weighted by atomic mass is 16.1. The smallest absolute Gasteiger partial charge is 0.251 e. The number of benzene rings is 1. The molecule has 2 aromatic heterocycles. The van der Waals surface area contributed by atoms with Gasteiger partial charge in [0.15, 0.2) is 5.82 Å². The van der Waals surface area contributed by atoms with Gasteiger partial charge in [-0.15, -0.1) is 0 Å². The summed E-state index contributed by atoms with van der Waals surface area (Å²) >= 11 is 0. The van der Waals surface area contributed by atoms with E-state index in [-0.39, 0.29) is 5.91 Å². The number of H-pyrrole nitrogens is 1. The van der Waals surface area contributed by atoms with Crippen molar-refractivity contribution in [2.24, 2.45) is 7.05 Å². The van der Waals surface area contributed by atoms with Crippen molar-refractivity contribution in [1.82, 2.24) is 25.1 Å². The summed E-state index contributed by atoms with van der Waals surface area (Å²) in [5.41, 5.74) is 3.80. The quantitative estimate of drug-likeness (QED) is 0.753. The topological polar surface area (TPSA) is 75.6 Å². The van der Waals surface area contributed by atoms with Gasteiger partial charge in [-0.2, -0.15) is 5.10 Å². The molecule has 1 aliphatic rings. The molecule has 6 heteroatoms. The average molecular weight is 335 g/mol. The molecule has 4 rings (SSSR count). The molecule has 2 heterocycles. The second kappa shape index (κ2) is 6.20. The van der Waals surface area contributed by atoms with Gasteiger partial charge in [-0.25, -0.2) is 4.98 Å². The van der Waals surface area contributed by atoms with Crippen LogP contribution in [0.3, 0.4) is 0 Å². The lowest BCUT2D eigenvalue weighted by atomic mass is 10.1. The van der Waals surface area contributed by atoms with Crippen molar-refractivity contribution < 1.29 is 4.79 Å². The van der Waals surface area contributed by atoms with E-state index in [9.17, 15) is 4.79 Å². The Balaban J connectivity index is 1.42. The number of aromatic amines is 1. The summed E-state index contributed by atoms with van der Waals surface area (Å²) in [6.07, 6.45) is 2.38. The molecule has 0 spiro atoms. The number of amides is 1. The van der Waals surface area contributed by atoms with Crippen molar-refractivity contribution in [1.29, 1.82) is 0 Å². The lowest BCUT2D eigenvalue weighted by molar-refractivity contribution is 0.0950. The van der Waals surface area contributed by atoms with Crippen molar-refractivity contribution in [2.45, 2.75) is 32.2 Å². The van der Waals surface area contributed by atoms with E-state index in [2.05, 4.69) is 25.1 Å². The molecule has 0 radical (unpaired) electrons. The van der Waals surface area contributed by atoms with Gasteiger partial charge in [0.2, 0.25) is 0 Å². The van der Waals surface area contributed by atoms with Crippen molar-refractivity contribution in [3.8, 4) is 11.4 Å². The Labute approximate surface area is 146 Å². The highest BCUT2D eigenvalue weighted by molar-refractivity contribution is 5.94. The molecular weight excluding hydrogens is 314 g/mol. The predicted molar refractivity (Wildman–Crippen MR) is 95.1 cm³/mol. The van der Waals surface area contributed by atoms with Crippen molar-refractivity contribution >= 4 is 5.91 Å². The fraction of sp³-hybridized carbons (Fsp3) is 0.316. The Morgan fingerprint density at radius 3 is 2.64 bits per heavy atom. The summed E-state index contributed by atoms with van der Waals surface area (Å²) in [5.74, 6) is 2.12. The van der Waals surface area contributed by atoms with Crippen molar-refractivity contribution in [2.75, 3.05) is 0 Å². The molecular formula is C19H21N5O. The monoisotopic (exact) mass is 335 g/mol. The first-order valence-electron chi connectivity index (χ1n) is 8.54. The normalized spacial score (nSPS) is 13.8. The molecule has 1 aliphatic carbocycles. The van der Waals surface area contributed by atoms with E-state index < -0.39 is 0 Å². The number of carbonyl (C=O) groups excluding carboxylic acids is 1. The summed E-state index contributed by atoms with van der Waals surface area (Å²) in [5, 5.41) is 10.2. The fourth-order valence-corrected chi connectivity index (χ4v) is 2.83. The minimum atomic E-state index is -0.0842. The van der Waals surface area contributed by atoms with Crippen LogP contribution in [0.4, 0.5) is 0 Å². The number of aryl methyl sites for hydroxylation is 1. The lowest BCUT2D eigenvalue weighted by Gasteiger charge is -2.08.